The molecule has 1 N–H and O–H groups in total. The summed E-state index contributed by atoms with van der Waals surface area (Å²) in [6, 6.07) is 3.99. The Morgan fingerprint density at radius 1 is 1.23 bits per heavy atom. The summed E-state index contributed by atoms with van der Waals surface area (Å²) < 4.78 is 10.6. The number of aromatic amines is 1. The van der Waals surface area contributed by atoms with Gasteiger partial charge in [-0.15, -0.1) is 0 Å². The summed E-state index contributed by atoms with van der Waals surface area (Å²) in [5, 5.41) is 1.20. The van der Waals surface area contributed by atoms with Crippen LogP contribution >= 0.6 is 0 Å². The number of rotatable bonds is 0. The van der Waals surface area contributed by atoms with Crippen molar-refractivity contribution in [3.05, 3.63) is 23.9 Å². The van der Waals surface area contributed by atoms with Crippen molar-refractivity contribution >= 4 is 10.9 Å². The number of hydrogen-bond donors (Lipinski definition) is 1. The minimum atomic E-state index is 0.334. The Morgan fingerprint density at radius 2 is 2.00 bits per heavy atom. The first kappa shape index (κ1) is 6.83. The highest BCUT2D eigenvalue weighted by atomic mass is 16.7. The van der Waals surface area contributed by atoms with Gasteiger partial charge >= 0.3 is 0 Å². The molecule has 0 atom stereocenters. The molecule has 0 unspecified atom stereocenters. The van der Waals surface area contributed by atoms with Crippen LogP contribution in [0.3, 0.4) is 0 Å². The Balaban J connectivity index is 2.38. The standard InChI is InChI=1S/C10H9NO2/c1-6-4-11-8-3-10-9(2-7(6)8)12-5-13-10/h2-4,11H,5H2,1H3. The van der Waals surface area contributed by atoms with Crippen LogP contribution in [-0.2, 0) is 0 Å². The Bertz CT molecular complexity index is 473. The molecule has 2 aromatic rings. The summed E-state index contributed by atoms with van der Waals surface area (Å²) in [6.45, 7) is 2.40. The lowest BCUT2D eigenvalue weighted by atomic mass is 10.2. The van der Waals surface area contributed by atoms with E-state index in [0.29, 0.717) is 6.79 Å². The molecule has 3 rings (SSSR count). The van der Waals surface area contributed by atoms with Gasteiger partial charge in [-0.05, 0) is 18.6 Å². The number of hydrogen-bond acceptors (Lipinski definition) is 2. The van der Waals surface area contributed by atoms with Gasteiger partial charge in [0, 0.05) is 23.2 Å². The molecule has 0 fully saturated rings. The third-order valence-corrected chi connectivity index (χ3v) is 2.38. The zero-order valence-corrected chi connectivity index (χ0v) is 7.26. The molecule has 1 aliphatic rings. The van der Waals surface area contributed by atoms with Crippen molar-refractivity contribution < 1.29 is 9.47 Å². The van der Waals surface area contributed by atoms with Gasteiger partial charge in [0.25, 0.3) is 0 Å². The van der Waals surface area contributed by atoms with E-state index in [9.17, 15) is 0 Å². The fourth-order valence-corrected chi connectivity index (χ4v) is 1.65. The van der Waals surface area contributed by atoms with Gasteiger partial charge in [-0.25, -0.2) is 0 Å². The van der Waals surface area contributed by atoms with E-state index in [1.54, 1.807) is 0 Å². The van der Waals surface area contributed by atoms with Crippen molar-refractivity contribution in [2.45, 2.75) is 6.92 Å². The first-order chi connectivity index (χ1) is 6.34. The smallest absolute Gasteiger partial charge is 0.231 e. The Kier molecular flexibility index (Phi) is 1.15. The molecular formula is C10H9NO2. The molecule has 0 aliphatic carbocycles. The second-order valence-electron chi connectivity index (χ2n) is 3.22. The van der Waals surface area contributed by atoms with E-state index in [1.807, 2.05) is 18.3 Å². The summed E-state index contributed by atoms with van der Waals surface area (Å²) in [5.74, 6) is 1.67. The van der Waals surface area contributed by atoms with E-state index in [1.165, 1.54) is 10.9 Å². The summed E-state index contributed by atoms with van der Waals surface area (Å²) >= 11 is 0. The minimum absolute atomic E-state index is 0.334. The number of fused-ring (bicyclic) bond motifs is 2. The first-order valence-corrected chi connectivity index (χ1v) is 4.22. The van der Waals surface area contributed by atoms with Gasteiger partial charge < -0.3 is 14.5 Å². The van der Waals surface area contributed by atoms with Crippen LogP contribution in [0.1, 0.15) is 5.56 Å². The second kappa shape index (κ2) is 2.19. The van der Waals surface area contributed by atoms with Crippen LogP contribution in [0, 0.1) is 6.92 Å². The molecule has 0 saturated heterocycles. The van der Waals surface area contributed by atoms with Crippen molar-refractivity contribution in [2.75, 3.05) is 6.79 Å². The summed E-state index contributed by atoms with van der Waals surface area (Å²) in [7, 11) is 0. The van der Waals surface area contributed by atoms with Crippen molar-refractivity contribution in [3.8, 4) is 11.5 Å². The highest BCUT2D eigenvalue weighted by Crippen LogP contribution is 2.36. The normalized spacial score (nSPS) is 13.9. The van der Waals surface area contributed by atoms with Gasteiger partial charge in [0.2, 0.25) is 6.79 Å². The lowest BCUT2D eigenvalue weighted by Gasteiger charge is -1.96. The van der Waals surface area contributed by atoms with Gasteiger partial charge in [0.05, 0.1) is 0 Å². The molecule has 0 amide bonds. The summed E-state index contributed by atoms with van der Waals surface area (Å²) in [4.78, 5) is 3.18. The van der Waals surface area contributed by atoms with Crippen LogP contribution in [0.4, 0.5) is 0 Å². The molecule has 3 nitrogen and oxygen atoms in total. The maximum absolute atomic E-state index is 5.29. The second-order valence-corrected chi connectivity index (χ2v) is 3.22. The Morgan fingerprint density at radius 3 is 2.85 bits per heavy atom. The molecule has 0 radical (unpaired) electrons. The molecule has 66 valence electrons. The third-order valence-electron chi connectivity index (χ3n) is 2.38. The van der Waals surface area contributed by atoms with Crippen molar-refractivity contribution in [1.82, 2.24) is 4.98 Å². The molecule has 1 aliphatic heterocycles. The van der Waals surface area contributed by atoms with Crippen LogP contribution in [0.2, 0.25) is 0 Å². The van der Waals surface area contributed by atoms with Gasteiger partial charge in [0.15, 0.2) is 11.5 Å². The van der Waals surface area contributed by atoms with Gasteiger partial charge in [0.1, 0.15) is 0 Å². The topological polar surface area (TPSA) is 34.2 Å². The van der Waals surface area contributed by atoms with Crippen LogP contribution in [0.25, 0.3) is 10.9 Å². The number of nitrogens with one attached hydrogen (secondary N) is 1. The lowest BCUT2D eigenvalue weighted by Crippen LogP contribution is -1.92. The van der Waals surface area contributed by atoms with E-state index < -0.39 is 0 Å². The summed E-state index contributed by atoms with van der Waals surface area (Å²) in [6.07, 6.45) is 1.99. The SMILES string of the molecule is Cc1c[nH]c2cc3c(cc12)OCO3. The highest BCUT2D eigenvalue weighted by Gasteiger charge is 2.15. The molecule has 1 aromatic carbocycles. The van der Waals surface area contributed by atoms with Gasteiger partial charge in [-0.2, -0.15) is 0 Å². The number of aromatic nitrogens is 1. The maximum Gasteiger partial charge on any atom is 0.231 e. The zero-order chi connectivity index (χ0) is 8.84. The molecule has 1 aromatic heterocycles. The zero-order valence-electron chi connectivity index (χ0n) is 7.26. The molecule has 3 heteroatoms. The molecule has 13 heavy (non-hydrogen) atoms. The number of aryl methyl sites for hydroxylation is 1. The van der Waals surface area contributed by atoms with E-state index >= 15 is 0 Å². The first-order valence-electron chi connectivity index (χ1n) is 4.22. The van der Waals surface area contributed by atoms with Crippen LogP contribution < -0.4 is 9.47 Å². The lowest BCUT2D eigenvalue weighted by molar-refractivity contribution is 0.174. The van der Waals surface area contributed by atoms with Crippen molar-refractivity contribution in [2.24, 2.45) is 0 Å². The summed E-state index contributed by atoms with van der Waals surface area (Å²) in [5.41, 5.74) is 2.33. The quantitative estimate of drug-likeness (QED) is 0.666. The van der Waals surface area contributed by atoms with E-state index in [2.05, 4.69) is 11.9 Å². The van der Waals surface area contributed by atoms with Crippen LogP contribution in [0.15, 0.2) is 18.3 Å². The fourth-order valence-electron chi connectivity index (χ4n) is 1.65. The average molecular weight is 175 g/mol. The predicted octanol–water partition coefficient (Wildman–Crippen LogP) is 2.21. The Hall–Kier alpha value is -1.64. The monoisotopic (exact) mass is 175 g/mol. The minimum Gasteiger partial charge on any atom is -0.454 e. The van der Waals surface area contributed by atoms with Crippen LogP contribution in [-0.4, -0.2) is 11.8 Å². The largest absolute Gasteiger partial charge is 0.454 e. The van der Waals surface area contributed by atoms with E-state index in [4.69, 9.17) is 9.47 Å². The predicted molar refractivity (Wildman–Crippen MR) is 49.2 cm³/mol. The molecule has 2 heterocycles. The van der Waals surface area contributed by atoms with Crippen molar-refractivity contribution in [3.63, 3.8) is 0 Å². The Labute approximate surface area is 75.3 Å². The van der Waals surface area contributed by atoms with Gasteiger partial charge in [-0.3, -0.25) is 0 Å². The molecular weight excluding hydrogens is 166 g/mol. The van der Waals surface area contributed by atoms with E-state index in [0.717, 1.165) is 17.0 Å². The number of H-pyrrole nitrogens is 1. The van der Waals surface area contributed by atoms with Crippen LogP contribution in [0.5, 0.6) is 11.5 Å². The van der Waals surface area contributed by atoms with E-state index in [-0.39, 0.29) is 0 Å². The molecule has 0 saturated carbocycles. The van der Waals surface area contributed by atoms with Crippen molar-refractivity contribution in [1.29, 1.82) is 0 Å². The average Bonchev–Trinajstić information content (AvgIpc) is 2.70. The highest BCUT2D eigenvalue weighted by molar-refractivity contribution is 5.86. The fraction of sp³-hybridized carbons (Fsp3) is 0.200. The number of benzene rings is 1. The molecule has 0 spiro atoms. The maximum atomic E-state index is 5.29. The number of ether oxygens (including phenoxy) is 2. The van der Waals surface area contributed by atoms with Gasteiger partial charge in [-0.1, -0.05) is 0 Å². The molecule has 0 bridgehead atoms. The third kappa shape index (κ3) is 0.840.